The largest absolute Gasteiger partial charge is 0.497 e. The molecule has 1 aromatic heterocycles. The fraction of sp³-hybridized carbons (Fsp3) is 0.286. The van der Waals surface area contributed by atoms with Gasteiger partial charge in [0.05, 0.1) is 7.11 Å². The lowest BCUT2D eigenvalue weighted by Crippen LogP contribution is -2.29. The molecule has 0 aliphatic rings. The molecule has 7 heteroatoms. The van der Waals surface area contributed by atoms with Crippen molar-refractivity contribution in [3.05, 3.63) is 64.4 Å². The van der Waals surface area contributed by atoms with Crippen molar-refractivity contribution in [2.45, 2.75) is 26.3 Å². The van der Waals surface area contributed by atoms with Crippen LogP contribution in [0.5, 0.6) is 5.75 Å². The Balaban J connectivity index is 1.54. The molecule has 0 radical (unpaired) electrons. The normalized spacial score (nSPS) is 10.6. The van der Waals surface area contributed by atoms with Crippen molar-refractivity contribution < 1.29 is 9.53 Å². The highest BCUT2D eigenvalue weighted by Gasteiger charge is 2.12. The van der Waals surface area contributed by atoms with Crippen LogP contribution < -0.4 is 10.1 Å². The van der Waals surface area contributed by atoms with Gasteiger partial charge in [0.2, 0.25) is 5.91 Å². The van der Waals surface area contributed by atoms with E-state index < -0.39 is 0 Å². The standard InChI is InChI=1S/C21H24N4O2S/c1-15-5-3-7-17(13-15)20-23-24-21(28)25(20)14-19(26)22-12-4-6-16-8-10-18(27-2)11-9-16/h3,5,7-11,13H,4,6,12,14H2,1-2H3,(H,22,26)(H,24,28). The van der Waals surface area contributed by atoms with Crippen LogP contribution in [0.4, 0.5) is 0 Å². The summed E-state index contributed by atoms with van der Waals surface area (Å²) in [6.07, 6.45) is 1.75. The minimum Gasteiger partial charge on any atom is -0.497 e. The summed E-state index contributed by atoms with van der Waals surface area (Å²) in [7, 11) is 1.65. The molecule has 0 saturated carbocycles. The molecular weight excluding hydrogens is 372 g/mol. The third kappa shape index (κ3) is 5.07. The van der Waals surface area contributed by atoms with Gasteiger partial charge in [-0.3, -0.25) is 14.5 Å². The monoisotopic (exact) mass is 396 g/mol. The number of hydrogen-bond donors (Lipinski definition) is 2. The van der Waals surface area contributed by atoms with Crippen molar-refractivity contribution >= 4 is 18.1 Å². The summed E-state index contributed by atoms with van der Waals surface area (Å²) in [5, 5.41) is 10.0. The van der Waals surface area contributed by atoms with E-state index in [9.17, 15) is 4.79 Å². The van der Waals surface area contributed by atoms with Crippen molar-refractivity contribution in [2.24, 2.45) is 0 Å². The molecule has 2 aromatic carbocycles. The van der Waals surface area contributed by atoms with Crippen molar-refractivity contribution in [3.8, 4) is 17.1 Å². The Labute approximate surface area is 169 Å². The maximum atomic E-state index is 12.4. The van der Waals surface area contributed by atoms with E-state index in [0.29, 0.717) is 17.1 Å². The van der Waals surface area contributed by atoms with E-state index in [1.807, 2.05) is 55.5 Å². The van der Waals surface area contributed by atoms with Gasteiger partial charge in [-0.25, -0.2) is 0 Å². The van der Waals surface area contributed by atoms with Crippen LogP contribution in [0.2, 0.25) is 0 Å². The number of nitrogens with one attached hydrogen (secondary N) is 2. The average molecular weight is 397 g/mol. The number of aromatic amines is 1. The summed E-state index contributed by atoms with van der Waals surface area (Å²) in [5.74, 6) is 1.43. The Bertz CT molecular complexity index is 992. The Morgan fingerprint density at radius 3 is 2.75 bits per heavy atom. The highest BCUT2D eigenvalue weighted by atomic mass is 32.1. The molecule has 3 rings (SSSR count). The quantitative estimate of drug-likeness (QED) is 0.450. The van der Waals surface area contributed by atoms with Gasteiger partial charge >= 0.3 is 0 Å². The van der Waals surface area contributed by atoms with E-state index in [1.54, 1.807) is 11.7 Å². The predicted octanol–water partition coefficient (Wildman–Crippen LogP) is 3.67. The minimum atomic E-state index is -0.0823. The summed E-state index contributed by atoms with van der Waals surface area (Å²) in [5.41, 5.74) is 3.27. The molecule has 28 heavy (non-hydrogen) atoms. The first-order chi connectivity index (χ1) is 13.6. The molecule has 0 spiro atoms. The van der Waals surface area contributed by atoms with E-state index in [-0.39, 0.29) is 12.5 Å². The highest BCUT2D eigenvalue weighted by molar-refractivity contribution is 7.71. The van der Waals surface area contributed by atoms with E-state index in [2.05, 4.69) is 15.5 Å². The topological polar surface area (TPSA) is 71.9 Å². The van der Waals surface area contributed by atoms with Gasteiger partial charge in [-0.15, -0.1) is 0 Å². The number of amides is 1. The molecule has 6 nitrogen and oxygen atoms in total. The number of benzene rings is 2. The lowest BCUT2D eigenvalue weighted by Gasteiger charge is -2.09. The molecule has 146 valence electrons. The van der Waals surface area contributed by atoms with E-state index >= 15 is 0 Å². The first-order valence-electron chi connectivity index (χ1n) is 9.18. The molecule has 3 aromatic rings. The van der Waals surface area contributed by atoms with Crippen LogP contribution in [-0.2, 0) is 17.8 Å². The van der Waals surface area contributed by atoms with E-state index in [1.165, 1.54) is 5.56 Å². The second kappa shape index (κ2) is 9.32. The number of H-pyrrole nitrogens is 1. The zero-order valence-corrected chi connectivity index (χ0v) is 16.9. The van der Waals surface area contributed by atoms with Gasteiger partial charge in [0.15, 0.2) is 10.6 Å². The second-order valence-electron chi connectivity index (χ2n) is 6.61. The van der Waals surface area contributed by atoms with Gasteiger partial charge < -0.3 is 10.1 Å². The molecule has 1 heterocycles. The molecule has 0 aliphatic heterocycles. The van der Waals surface area contributed by atoms with Gasteiger partial charge in [0, 0.05) is 12.1 Å². The van der Waals surface area contributed by atoms with Gasteiger partial charge in [-0.2, -0.15) is 5.10 Å². The van der Waals surface area contributed by atoms with E-state index in [0.717, 1.165) is 29.7 Å². The zero-order valence-electron chi connectivity index (χ0n) is 16.1. The number of methoxy groups -OCH3 is 1. The van der Waals surface area contributed by atoms with Crippen molar-refractivity contribution in [1.29, 1.82) is 0 Å². The number of ether oxygens (including phenoxy) is 1. The Hall–Kier alpha value is -2.93. The Morgan fingerprint density at radius 2 is 2.04 bits per heavy atom. The molecule has 1 amide bonds. The predicted molar refractivity (Wildman–Crippen MR) is 112 cm³/mol. The van der Waals surface area contributed by atoms with Crippen LogP contribution in [0.1, 0.15) is 17.5 Å². The molecule has 0 saturated heterocycles. The van der Waals surface area contributed by atoms with Gasteiger partial charge in [-0.05, 0) is 55.7 Å². The average Bonchev–Trinajstić information content (AvgIpc) is 3.06. The SMILES string of the molecule is COc1ccc(CCCNC(=O)Cn2c(-c3cccc(C)c3)n[nH]c2=S)cc1. The number of aromatic nitrogens is 3. The maximum absolute atomic E-state index is 12.4. The smallest absolute Gasteiger partial charge is 0.240 e. The van der Waals surface area contributed by atoms with Gasteiger partial charge in [0.1, 0.15) is 12.3 Å². The maximum Gasteiger partial charge on any atom is 0.240 e. The number of rotatable bonds is 8. The molecule has 0 fully saturated rings. The van der Waals surface area contributed by atoms with E-state index in [4.69, 9.17) is 17.0 Å². The third-order valence-electron chi connectivity index (χ3n) is 4.46. The van der Waals surface area contributed by atoms with Crippen LogP contribution in [0.15, 0.2) is 48.5 Å². The van der Waals surface area contributed by atoms with Crippen molar-refractivity contribution in [3.63, 3.8) is 0 Å². The van der Waals surface area contributed by atoms with Crippen molar-refractivity contribution in [2.75, 3.05) is 13.7 Å². The number of hydrogen-bond acceptors (Lipinski definition) is 4. The molecule has 0 bridgehead atoms. The Kier molecular flexibility index (Phi) is 6.60. The second-order valence-corrected chi connectivity index (χ2v) is 7.00. The summed E-state index contributed by atoms with van der Waals surface area (Å²) in [6.45, 7) is 2.77. The number of aryl methyl sites for hydroxylation is 2. The molecule has 0 atom stereocenters. The van der Waals surface area contributed by atoms with Crippen LogP contribution >= 0.6 is 12.2 Å². The molecular formula is C21H24N4O2S. The lowest BCUT2D eigenvalue weighted by molar-refractivity contribution is -0.121. The number of nitrogens with zero attached hydrogens (tertiary/aromatic N) is 2. The van der Waals surface area contributed by atoms with Crippen LogP contribution in [0.3, 0.4) is 0 Å². The minimum absolute atomic E-state index is 0.0823. The van der Waals surface area contributed by atoms with Crippen LogP contribution in [-0.4, -0.2) is 34.3 Å². The van der Waals surface area contributed by atoms with Crippen molar-refractivity contribution in [1.82, 2.24) is 20.1 Å². The molecule has 2 N–H and O–H groups in total. The number of carbonyl (C=O) groups excluding carboxylic acids is 1. The highest BCUT2D eigenvalue weighted by Crippen LogP contribution is 2.18. The molecule has 0 unspecified atom stereocenters. The summed E-state index contributed by atoms with van der Waals surface area (Å²) >= 11 is 5.30. The molecule has 0 aliphatic carbocycles. The van der Waals surface area contributed by atoms with Gasteiger partial charge in [0.25, 0.3) is 0 Å². The first kappa shape index (κ1) is 19.8. The fourth-order valence-corrected chi connectivity index (χ4v) is 3.18. The van der Waals surface area contributed by atoms with Gasteiger partial charge in [-0.1, -0.05) is 35.9 Å². The third-order valence-corrected chi connectivity index (χ3v) is 4.77. The summed E-state index contributed by atoms with van der Waals surface area (Å²) < 4.78 is 7.32. The summed E-state index contributed by atoms with van der Waals surface area (Å²) in [4.78, 5) is 12.4. The summed E-state index contributed by atoms with van der Waals surface area (Å²) in [6, 6.07) is 15.9. The van der Waals surface area contributed by atoms with Crippen LogP contribution in [0, 0.1) is 11.7 Å². The first-order valence-corrected chi connectivity index (χ1v) is 9.59. The fourth-order valence-electron chi connectivity index (χ4n) is 2.98. The Morgan fingerprint density at radius 1 is 1.25 bits per heavy atom. The zero-order chi connectivity index (χ0) is 19.9. The van der Waals surface area contributed by atoms with Crippen LogP contribution in [0.25, 0.3) is 11.4 Å². The number of carbonyl (C=O) groups is 1. The lowest BCUT2D eigenvalue weighted by atomic mass is 10.1.